The van der Waals surface area contributed by atoms with Gasteiger partial charge in [0.1, 0.15) is 18.2 Å². The van der Waals surface area contributed by atoms with Crippen molar-refractivity contribution in [2.45, 2.75) is 6.61 Å². The molecular formula is C19H15Cl2N3O. The molecular weight excluding hydrogens is 357 g/mol. The van der Waals surface area contributed by atoms with Crippen LogP contribution in [0, 0.1) is 0 Å². The molecule has 1 heterocycles. The lowest BCUT2D eigenvalue weighted by Gasteiger charge is -2.08. The maximum Gasteiger partial charge on any atom is 0.146 e. The van der Waals surface area contributed by atoms with E-state index < -0.39 is 0 Å². The van der Waals surface area contributed by atoms with Crippen LogP contribution in [0.5, 0.6) is 5.75 Å². The SMILES string of the molecule is Clc1ccc(COc2ccc(C=NNc3ccccn3)cc2)c(Cl)c1. The zero-order valence-electron chi connectivity index (χ0n) is 13.2. The maximum atomic E-state index is 6.13. The van der Waals surface area contributed by atoms with E-state index in [-0.39, 0.29) is 0 Å². The fraction of sp³-hybridized carbons (Fsp3) is 0.0526. The summed E-state index contributed by atoms with van der Waals surface area (Å²) in [5, 5.41) is 5.35. The molecule has 6 heteroatoms. The summed E-state index contributed by atoms with van der Waals surface area (Å²) in [4.78, 5) is 4.13. The fourth-order valence-electron chi connectivity index (χ4n) is 2.05. The van der Waals surface area contributed by atoms with E-state index in [4.69, 9.17) is 27.9 Å². The number of pyridine rings is 1. The number of ether oxygens (including phenoxy) is 1. The molecule has 0 fully saturated rings. The third kappa shape index (κ3) is 5.21. The van der Waals surface area contributed by atoms with E-state index in [1.54, 1.807) is 24.5 Å². The van der Waals surface area contributed by atoms with Crippen LogP contribution in [0.2, 0.25) is 10.0 Å². The molecule has 0 unspecified atom stereocenters. The van der Waals surface area contributed by atoms with E-state index in [1.807, 2.05) is 48.5 Å². The van der Waals surface area contributed by atoms with Gasteiger partial charge in [0.15, 0.2) is 0 Å². The van der Waals surface area contributed by atoms with E-state index in [0.717, 1.165) is 16.9 Å². The molecule has 1 N–H and O–H groups in total. The number of hydrogen-bond donors (Lipinski definition) is 1. The molecule has 0 amide bonds. The zero-order valence-corrected chi connectivity index (χ0v) is 14.7. The Bertz CT molecular complexity index is 852. The Hall–Kier alpha value is -2.56. The van der Waals surface area contributed by atoms with E-state index in [2.05, 4.69) is 15.5 Å². The highest BCUT2D eigenvalue weighted by Gasteiger charge is 2.02. The van der Waals surface area contributed by atoms with Gasteiger partial charge in [0.2, 0.25) is 0 Å². The van der Waals surface area contributed by atoms with Crippen LogP contribution < -0.4 is 10.2 Å². The van der Waals surface area contributed by atoms with Crippen LogP contribution in [0.15, 0.2) is 72.0 Å². The van der Waals surface area contributed by atoms with Gasteiger partial charge >= 0.3 is 0 Å². The summed E-state index contributed by atoms with van der Waals surface area (Å²) in [5.74, 6) is 1.44. The van der Waals surface area contributed by atoms with Crippen molar-refractivity contribution in [2.24, 2.45) is 5.10 Å². The number of nitrogens with one attached hydrogen (secondary N) is 1. The predicted molar refractivity (Wildman–Crippen MR) is 103 cm³/mol. The molecule has 3 aromatic rings. The van der Waals surface area contributed by atoms with Crippen LogP contribution >= 0.6 is 23.2 Å². The summed E-state index contributed by atoms with van der Waals surface area (Å²) < 4.78 is 5.74. The number of aromatic nitrogens is 1. The minimum absolute atomic E-state index is 0.380. The van der Waals surface area contributed by atoms with Crippen LogP contribution in [0.1, 0.15) is 11.1 Å². The first-order valence-electron chi connectivity index (χ1n) is 7.57. The molecule has 0 aliphatic heterocycles. The van der Waals surface area contributed by atoms with Gasteiger partial charge in [0.05, 0.1) is 6.21 Å². The third-order valence-electron chi connectivity index (χ3n) is 3.35. The molecule has 2 aromatic carbocycles. The first-order valence-corrected chi connectivity index (χ1v) is 8.33. The van der Waals surface area contributed by atoms with Gasteiger partial charge in [-0.2, -0.15) is 5.10 Å². The van der Waals surface area contributed by atoms with Crippen LogP contribution in [-0.2, 0) is 6.61 Å². The minimum Gasteiger partial charge on any atom is -0.489 e. The quantitative estimate of drug-likeness (QED) is 0.465. The topological polar surface area (TPSA) is 46.5 Å². The molecule has 0 saturated carbocycles. The molecule has 4 nitrogen and oxygen atoms in total. The van der Waals surface area contributed by atoms with Gasteiger partial charge in [0, 0.05) is 21.8 Å². The van der Waals surface area contributed by atoms with Crippen molar-refractivity contribution in [3.8, 4) is 5.75 Å². The number of hydrazone groups is 1. The highest BCUT2D eigenvalue weighted by molar-refractivity contribution is 6.35. The highest BCUT2D eigenvalue weighted by Crippen LogP contribution is 2.22. The second kappa shape index (κ2) is 8.51. The number of nitrogens with zero attached hydrogens (tertiary/aromatic N) is 2. The lowest BCUT2D eigenvalue weighted by atomic mass is 10.2. The van der Waals surface area contributed by atoms with Gasteiger partial charge in [-0.3, -0.25) is 5.43 Å². The normalized spacial score (nSPS) is 10.8. The Morgan fingerprint density at radius 1 is 1.04 bits per heavy atom. The molecule has 3 rings (SSSR count). The van der Waals surface area contributed by atoms with Crippen LogP contribution in [0.4, 0.5) is 5.82 Å². The summed E-state index contributed by atoms with van der Waals surface area (Å²) >= 11 is 12.0. The van der Waals surface area contributed by atoms with Gasteiger partial charge in [-0.25, -0.2) is 4.98 Å². The van der Waals surface area contributed by atoms with Crippen molar-refractivity contribution in [1.29, 1.82) is 0 Å². The number of halogens is 2. The van der Waals surface area contributed by atoms with Crippen molar-refractivity contribution in [3.63, 3.8) is 0 Å². The summed E-state index contributed by atoms with van der Waals surface area (Å²) in [6.07, 6.45) is 3.42. The Morgan fingerprint density at radius 2 is 1.88 bits per heavy atom. The van der Waals surface area contributed by atoms with Crippen LogP contribution in [0.3, 0.4) is 0 Å². The van der Waals surface area contributed by atoms with E-state index in [0.29, 0.717) is 22.5 Å². The van der Waals surface area contributed by atoms with Crippen molar-refractivity contribution >= 4 is 35.2 Å². The lowest BCUT2D eigenvalue weighted by Crippen LogP contribution is -1.96. The Labute approximate surface area is 156 Å². The summed E-state index contributed by atoms with van der Waals surface area (Å²) in [6, 6.07) is 18.5. The number of benzene rings is 2. The summed E-state index contributed by atoms with van der Waals surface area (Å²) in [7, 11) is 0. The molecule has 0 radical (unpaired) electrons. The van der Waals surface area contributed by atoms with Crippen LogP contribution in [-0.4, -0.2) is 11.2 Å². The molecule has 0 saturated heterocycles. The molecule has 0 atom stereocenters. The molecule has 0 bridgehead atoms. The van der Waals surface area contributed by atoms with Gasteiger partial charge in [-0.15, -0.1) is 0 Å². The molecule has 25 heavy (non-hydrogen) atoms. The standard InChI is InChI=1S/C19H15Cl2N3O/c20-16-7-6-15(18(21)11-16)13-25-17-8-4-14(5-9-17)12-23-24-19-3-1-2-10-22-19/h1-12H,13H2,(H,22,24). The fourth-order valence-corrected chi connectivity index (χ4v) is 2.51. The second-order valence-corrected chi connectivity index (χ2v) is 6.02. The molecule has 126 valence electrons. The van der Waals surface area contributed by atoms with Crippen molar-refractivity contribution < 1.29 is 4.74 Å². The number of hydrogen-bond acceptors (Lipinski definition) is 4. The average Bonchev–Trinajstić information content (AvgIpc) is 2.63. The lowest BCUT2D eigenvalue weighted by molar-refractivity contribution is 0.306. The van der Waals surface area contributed by atoms with Crippen molar-refractivity contribution in [3.05, 3.63) is 88.0 Å². The van der Waals surface area contributed by atoms with Crippen molar-refractivity contribution in [1.82, 2.24) is 4.98 Å². The molecule has 0 aliphatic rings. The Kier molecular flexibility index (Phi) is 5.88. The Balaban J connectivity index is 1.55. The largest absolute Gasteiger partial charge is 0.489 e. The number of rotatable bonds is 6. The zero-order chi connectivity index (χ0) is 17.5. The first kappa shape index (κ1) is 17.3. The van der Waals surface area contributed by atoms with E-state index >= 15 is 0 Å². The summed E-state index contributed by atoms with van der Waals surface area (Å²) in [6.45, 7) is 0.380. The summed E-state index contributed by atoms with van der Waals surface area (Å²) in [5.41, 5.74) is 4.70. The van der Waals surface area contributed by atoms with Gasteiger partial charge in [-0.05, 0) is 54.1 Å². The van der Waals surface area contributed by atoms with Crippen molar-refractivity contribution in [2.75, 3.05) is 5.43 Å². The Morgan fingerprint density at radius 3 is 2.60 bits per heavy atom. The van der Waals surface area contributed by atoms with Crippen LogP contribution in [0.25, 0.3) is 0 Å². The predicted octanol–water partition coefficient (Wildman–Crippen LogP) is 5.41. The van der Waals surface area contributed by atoms with Gasteiger partial charge in [-0.1, -0.05) is 35.3 Å². The van der Waals surface area contributed by atoms with E-state index in [9.17, 15) is 0 Å². The monoisotopic (exact) mass is 371 g/mol. The smallest absolute Gasteiger partial charge is 0.146 e. The third-order valence-corrected chi connectivity index (χ3v) is 3.93. The maximum absolute atomic E-state index is 6.13. The first-order chi connectivity index (χ1) is 12.2. The second-order valence-electron chi connectivity index (χ2n) is 5.18. The van der Waals surface area contributed by atoms with Gasteiger partial charge < -0.3 is 4.74 Å². The highest BCUT2D eigenvalue weighted by atomic mass is 35.5. The average molecular weight is 372 g/mol. The molecule has 0 spiro atoms. The molecule has 0 aliphatic carbocycles. The van der Waals surface area contributed by atoms with Gasteiger partial charge in [0.25, 0.3) is 0 Å². The number of anilines is 1. The van der Waals surface area contributed by atoms with E-state index in [1.165, 1.54) is 0 Å². The minimum atomic E-state index is 0.380. The molecule has 1 aromatic heterocycles.